The molecular formula is C25H33NO2. The smallest absolute Gasteiger partial charge is 0.162 e. The van der Waals surface area contributed by atoms with Crippen LogP contribution in [0.15, 0.2) is 48.5 Å². The van der Waals surface area contributed by atoms with Crippen LogP contribution in [-0.4, -0.2) is 43.5 Å². The van der Waals surface area contributed by atoms with Crippen molar-refractivity contribution in [3.63, 3.8) is 0 Å². The van der Waals surface area contributed by atoms with E-state index in [1.807, 2.05) is 31.2 Å². The molecule has 2 aromatic carbocycles. The molecular weight excluding hydrogens is 346 g/mol. The van der Waals surface area contributed by atoms with Gasteiger partial charge < -0.3 is 4.74 Å². The lowest BCUT2D eigenvalue weighted by atomic mass is 9.97. The molecule has 3 rings (SSSR count). The van der Waals surface area contributed by atoms with E-state index in [0.29, 0.717) is 6.42 Å². The summed E-state index contributed by atoms with van der Waals surface area (Å²) in [5, 5.41) is 0. The lowest BCUT2D eigenvalue weighted by Gasteiger charge is -2.26. The van der Waals surface area contributed by atoms with E-state index in [9.17, 15) is 4.79 Å². The lowest BCUT2D eigenvalue weighted by molar-refractivity contribution is 0.0374. The van der Waals surface area contributed by atoms with Crippen LogP contribution in [0.1, 0.15) is 52.7 Å². The number of aryl methyl sites for hydroxylation is 3. The van der Waals surface area contributed by atoms with Gasteiger partial charge in [0.2, 0.25) is 0 Å². The van der Waals surface area contributed by atoms with Crippen LogP contribution in [0.4, 0.5) is 0 Å². The molecule has 1 aliphatic rings. The normalized spacial score (nSPS) is 14.9. The van der Waals surface area contributed by atoms with E-state index in [2.05, 4.69) is 29.2 Å². The van der Waals surface area contributed by atoms with E-state index in [1.54, 1.807) is 0 Å². The van der Waals surface area contributed by atoms with Gasteiger partial charge in [-0.05, 0) is 56.7 Å². The van der Waals surface area contributed by atoms with Gasteiger partial charge in [-0.3, -0.25) is 9.69 Å². The third-order valence-corrected chi connectivity index (χ3v) is 5.62. The van der Waals surface area contributed by atoms with Gasteiger partial charge in [-0.25, -0.2) is 0 Å². The molecule has 0 aromatic heterocycles. The third kappa shape index (κ3) is 6.57. The molecule has 1 heterocycles. The molecule has 28 heavy (non-hydrogen) atoms. The molecule has 3 heteroatoms. The van der Waals surface area contributed by atoms with Gasteiger partial charge in [0.05, 0.1) is 13.2 Å². The van der Waals surface area contributed by atoms with Crippen LogP contribution in [0.25, 0.3) is 0 Å². The molecule has 2 aromatic rings. The number of unbranched alkanes of at least 4 members (excludes halogenated alkanes) is 1. The average Bonchev–Trinajstić information content (AvgIpc) is 2.73. The summed E-state index contributed by atoms with van der Waals surface area (Å²) in [6.45, 7) is 7.08. The Morgan fingerprint density at radius 2 is 1.54 bits per heavy atom. The minimum atomic E-state index is 0.263. The van der Waals surface area contributed by atoms with Crippen molar-refractivity contribution in [2.45, 2.75) is 45.4 Å². The van der Waals surface area contributed by atoms with Gasteiger partial charge in [0.1, 0.15) is 0 Å². The molecule has 0 saturated carbocycles. The first-order valence-corrected chi connectivity index (χ1v) is 10.7. The molecule has 0 N–H and O–H groups in total. The van der Waals surface area contributed by atoms with Crippen molar-refractivity contribution in [2.24, 2.45) is 0 Å². The molecule has 1 saturated heterocycles. The number of ether oxygens (including phenoxy) is 1. The summed E-state index contributed by atoms with van der Waals surface area (Å²) in [5.74, 6) is 0.263. The number of nitrogens with zero attached hydrogens (tertiary/aromatic N) is 1. The minimum absolute atomic E-state index is 0.263. The van der Waals surface area contributed by atoms with Crippen LogP contribution < -0.4 is 0 Å². The van der Waals surface area contributed by atoms with Crippen LogP contribution >= 0.6 is 0 Å². The molecule has 0 atom stereocenters. The highest BCUT2D eigenvalue weighted by molar-refractivity contribution is 5.96. The van der Waals surface area contributed by atoms with Crippen molar-refractivity contribution in [1.82, 2.24) is 4.90 Å². The van der Waals surface area contributed by atoms with Crippen molar-refractivity contribution in [1.29, 1.82) is 0 Å². The Bertz CT molecular complexity index is 732. The molecule has 0 aliphatic carbocycles. The number of carbonyl (C=O) groups excluding carboxylic acids is 1. The lowest BCUT2D eigenvalue weighted by Crippen LogP contribution is -2.36. The van der Waals surface area contributed by atoms with Crippen molar-refractivity contribution in [2.75, 3.05) is 32.8 Å². The van der Waals surface area contributed by atoms with Crippen LogP contribution in [0, 0.1) is 6.92 Å². The van der Waals surface area contributed by atoms with Crippen LogP contribution in [0.2, 0.25) is 0 Å². The SMILES string of the molecule is Cc1ccc(C(=O)CCCCc2ccccc2CCCN2CCOCC2)cc1. The number of benzene rings is 2. The Kier molecular flexibility index (Phi) is 8.25. The summed E-state index contributed by atoms with van der Waals surface area (Å²) >= 11 is 0. The van der Waals surface area contributed by atoms with Crippen molar-refractivity contribution < 1.29 is 9.53 Å². The Balaban J connectivity index is 1.40. The molecule has 3 nitrogen and oxygen atoms in total. The molecule has 0 amide bonds. The number of carbonyl (C=O) groups is 1. The van der Waals surface area contributed by atoms with Crippen molar-refractivity contribution in [3.8, 4) is 0 Å². The van der Waals surface area contributed by atoms with E-state index in [4.69, 9.17) is 4.74 Å². The van der Waals surface area contributed by atoms with Crippen molar-refractivity contribution >= 4 is 5.78 Å². The van der Waals surface area contributed by atoms with E-state index in [0.717, 1.165) is 64.1 Å². The zero-order valence-corrected chi connectivity index (χ0v) is 17.2. The number of hydrogen-bond donors (Lipinski definition) is 0. The minimum Gasteiger partial charge on any atom is -0.379 e. The fourth-order valence-corrected chi connectivity index (χ4v) is 3.85. The quantitative estimate of drug-likeness (QED) is 0.436. The predicted molar refractivity (Wildman–Crippen MR) is 115 cm³/mol. The summed E-state index contributed by atoms with van der Waals surface area (Å²) in [7, 11) is 0. The maximum absolute atomic E-state index is 12.3. The first-order valence-electron chi connectivity index (χ1n) is 10.7. The van der Waals surface area contributed by atoms with Crippen LogP contribution in [-0.2, 0) is 17.6 Å². The van der Waals surface area contributed by atoms with E-state index in [-0.39, 0.29) is 5.78 Å². The van der Waals surface area contributed by atoms with Gasteiger partial charge >= 0.3 is 0 Å². The fraction of sp³-hybridized carbons (Fsp3) is 0.480. The molecule has 0 spiro atoms. The number of morpholine rings is 1. The first kappa shape index (κ1) is 20.8. The zero-order chi connectivity index (χ0) is 19.6. The van der Waals surface area contributed by atoms with Gasteiger partial charge in [0.15, 0.2) is 5.78 Å². The molecule has 1 fully saturated rings. The number of rotatable bonds is 10. The van der Waals surface area contributed by atoms with E-state index >= 15 is 0 Å². The topological polar surface area (TPSA) is 29.5 Å². The fourth-order valence-electron chi connectivity index (χ4n) is 3.85. The van der Waals surface area contributed by atoms with E-state index < -0.39 is 0 Å². The maximum atomic E-state index is 12.3. The van der Waals surface area contributed by atoms with E-state index in [1.165, 1.54) is 23.1 Å². The number of Topliss-reactive ketones (excluding diaryl/α,β-unsaturated/α-hetero) is 1. The molecule has 0 unspecified atom stereocenters. The molecule has 150 valence electrons. The summed E-state index contributed by atoms with van der Waals surface area (Å²) in [5.41, 5.74) is 4.96. The Morgan fingerprint density at radius 3 is 2.21 bits per heavy atom. The molecule has 0 bridgehead atoms. The zero-order valence-electron chi connectivity index (χ0n) is 17.2. The first-order chi connectivity index (χ1) is 13.7. The van der Waals surface area contributed by atoms with Crippen LogP contribution in [0.5, 0.6) is 0 Å². The Hall–Kier alpha value is -1.97. The second-order valence-corrected chi connectivity index (χ2v) is 7.82. The number of ketones is 1. The second kappa shape index (κ2) is 11.1. The van der Waals surface area contributed by atoms with Gasteiger partial charge in [-0.2, -0.15) is 0 Å². The summed E-state index contributed by atoms with van der Waals surface area (Å²) in [6, 6.07) is 16.7. The van der Waals surface area contributed by atoms with Gasteiger partial charge in [0.25, 0.3) is 0 Å². The number of hydrogen-bond acceptors (Lipinski definition) is 3. The summed E-state index contributed by atoms with van der Waals surface area (Å²) in [6.07, 6.45) is 6.06. The predicted octanol–water partition coefficient (Wildman–Crippen LogP) is 4.86. The van der Waals surface area contributed by atoms with Crippen molar-refractivity contribution in [3.05, 3.63) is 70.8 Å². The van der Waals surface area contributed by atoms with Gasteiger partial charge in [0, 0.05) is 25.1 Å². The maximum Gasteiger partial charge on any atom is 0.162 e. The monoisotopic (exact) mass is 379 g/mol. The third-order valence-electron chi connectivity index (χ3n) is 5.62. The Labute approximate surface area is 169 Å². The van der Waals surface area contributed by atoms with Gasteiger partial charge in [-0.1, -0.05) is 54.1 Å². The van der Waals surface area contributed by atoms with Crippen LogP contribution in [0.3, 0.4) is 0 Å². The highest BCUT2D eigenvalue weighted by Crippen LogP contribution is 2.16. The molecule has 1 aliphatic heterocycles. The average molecular weight is 380 g/mol. The molecule has 0 radical (unpaired) electrons. The summed E-state index contributed by atoms with van der Waals surface area (Å²) < 4.78 is 5.42. The highest BCUT2D eigenvalue weighted by Gasteiger charge is 2.10. The van der Waals surface area contributed by atoms with Gasteiger partial charge in [-0.15, -0.1) is 0 Å². The highest BCUT2D eigenvalue weighted by atomic mass is 16.5. The largest absolute Gasteiger partial charge is 0.379 e. The standard InChI is InChI=1S/C25H33NO2/c1-21-12-14-24(15-13-21)25(27)11-5-4-9-22-7-2-3-8-23(22)10-6-16-26-17-19-28-20-18-26/h2-3,7-8,12-15H,4-6,9-11,16-20H2,1H3. The Morgan fingerprint density at radius 1 is 0.893 bits per heavy atom. The summed E-state index contributed by atoms with van der Waals surface area (Å²) in [4.78, 5) is 14.8. The second-order valence-electron chi connectivity index (χ2n) is 7.82.